The number of rotatable bonds is 5. The molecule has 0 amide bonds. The van der Waals surface area contributed by atoms with Gasteiger partial charge in [0.1, 0.15) is 5.66 Å². The second kappa shape index (κ2) is 4.23. The van der Waals surface area contributed by atoms with Gasteiger partial charge in [-0.1, -0.05) is 27.2 Å². The Morgan fingerprint density at radius 2 is 1.19 bits per heavy atom. The SMILES string of the molecule is CCCC(N)(N)C(N)(N)C(C)(C)C(C)(C)N. The molecule has 0 radical (unpaired) electrons. The third-order valence-corrected chi connectivity index (χ3v) is 4.08. The van der Waals surface area contributed by atoms with Crippen molar-refractivity contribution in [1.82, 2.24) is 0 Å². The van der Waals surface area contributed by atoms with Crippen molar-refractivity contribution in [3.8, 4) is 0 Å². The normalized spacial score (nSPS) is 15.4. The van der Waals surface area contributed by atoms with Gasteiger partial charge in [-0.25, -0.2) is 0 Å². The Hall–Kier alpha value is -0.200. The molecule has 0 aromatic rings. The first kappa shape index (κ1) is 15.8. The highest BCUT2D eigenvalue weighted by Crippen LogP contribution is 2.39. The zero-order valence-electron chi connectivity index (χ0n) is 11.3. The minimum absolute atomic E-state index is 0.555. The Morgan fingerprint density at radius 1 is 0.812 bits per heavy atom. The van der Waals surface area contributed by atoms with Gasteiger partial charge < -0.3 is 28.7 Å². The summed E-state index contributed by atoms with van der Waals surface area (Å²) in [4.78, 5) is 0. The maximum Gasteiger partial charge on any atom is 0.103 e. The molecule has 0 bridgehead atoms. The molecule has 0 fully saturated rings. The molecule has 0 rings (SSSR count). The molecule has 16 heavy (non-hydrogen) atoms. The third kappa shape index (κ3) is 2.38. The second-order valence-corrected chi connectivity index (χ2v) is 6.01. The summed E-state index contributed by atoms with van der Waals surface area (Å²) in [5.74, 6) is 0. The minimum atomic E-state index is -1.24. The van der Waals surface area contributed by atoms with Crippen molar-refractivity contribution in [2.45, 2.75) is 64.3 Å². The lowest BCUT2D eigenvalue weighted by Crippen LogP contribution is -2.84. The molecular weight excluding hydrogens is 202 g/mol. The van der Waals surface area contributed by atoms with Crippen molar-refractivity contribution in [3.63, 3.8) is 0 Å². The van der Waals surface area contributed by atoms with Crippen LogP contribution in [0.2, 0.25) is 0 Å². The molecule has 5 heteroatoms. The molecule has 0 heterocycles. The first-order valence-electron chi connectivity index (χ1n) is 5.75. The van der Waals surface area contributed by atoms with Crippen molar-refractivity contribution in [1.29, 1.82) is 0 Å². The van der Waals surface area contributed by atoms with Gasteiger partial charge in [0.25, 0.3) is 0 Å². The molecule has 10 N–H and O–H groups in total. The summed E-state index contributed by atoms with van der Waals surface area (Å²) in [6.45, 7) is 9.55. The first-order chi connectivity index (χ1) is 6.81. The lowest BCUT2D eigenvalue weighted by Gasteiger charge is -2.55. The van der Waals surface area contributed by atoms with Gasteiger partial charge in [0.2, 0.25) is 0 Å². The van der Waals surface area contributed by atoms with E-state index < -0.39 is 22.3 Å². The fourth-order valence-electron chi connectivity index (χ4n) is 1.74. The second-order valence-electron chi connectivity index (χ2n) is 6.01. The zero-order chi connectivity index (χ0) is 13.4. The quantitative estimate of drug-likeness (QED) is 0.417. The highest BCUT2D eigenvalue weighted by Gasteiger charge is 2.55. The number of hydrogen-bond donors (Lipinski definition) is 5. The molecule has 0 aliphatic heterocycles. The van der Waals surface area contributed by atoms with E-state index >= 15 is 0 Å². The highest BCUT2D eigenvalue weighted by molar-refractivity contribution is 5.13. The molecule has 0 atom stereocenters. The maximum atomic E-state index is 6.19. The molecular formula is C11H29N5. The van der Waals surface area contributed by atoms with E-state index in [1.54, 1.807) is 0 Å². The van der Waals surface area contributed by atoms with E-state index in [0.717, 1.165) is 6.42 Å². The fourth-order valence-corrected chi connectivity index (χ4v) is 1.74. The summed E-state index contributed by atoms with van der Waals surface area (Å²) >= 11 is 0. The molecule has 0 aromatic heterocycles. The van der Waals surface area contributed by atoms with Crippen LogP contribution in [0.4, 0.5) is 0 Å². The summed E-state index contributed by atoms with van der Waals surface area (Å²) in [6.07, 6.45) is 1.38. The predicted octanol–water partition coefficient (Wildman–Crippen LogP) is -0.223. The van der Waals surface area contributed by atoms with E-state index in [1.165, 1.54) is 0 Å². The lowest BCUT2D eigenvalue weighted by molar-refractivity contribution is 0.0167. The molecule has 0 aliphatic carbocycles. The average Bonchev–Trinajstić information content (AvgIpc) is 2.01. The van der Waals surface area contributed by atoms with Gasteiger partial charge in [0.15, 0.2) is 0 Å². The van der Waals surface area contributed by atoms with Crippen molar-refractivity contribution < 1.29 is 0 Å². The molecule has 0 saturated carbocycles. The lowest BCUT2D eigenvalue weighted by atomic mass is 9.62. The summed E-state index contributed by atoms with van der Waals surface area (Å²) in [5, 5.41) is 0. The van der Waals surface area contributed by atoms with Crippen LogP contribution in [0.15, 0.2) is 0 Å². The topological polar surface area (TPSA) is 130 Å². The smallest absolute Gasteiger partial charge is 0.103 e. The Kier molecular flexibility index (Phi) is 4.18. The van der Waals surface area contributed by atoms with Crippen LogP contribution in [0, 0.1) is 5.41 Å². The van der Waals surface area contributed by atoms with Crippen LogP contribution in [-0.4, -0.2) is 16.9 Å². The largest absolute Gasteiger partial charge is 0.325 e. The van der Waals surface area contributed by atoms with Crippen LogP contribution in [0.5, 0.6) is 0 Å². The fraction of sp³-hybridized carbons (Fsp3) is 1.00. The van der Waals surface area contributed by atoms with Crippen molar-refractivity contribution >= 4 is 0 Å². The number of nitrogens with two attached hydrogens (primary N) is 5. The van der Waals surface area contributed by atoms with Crippen LogP contribution >= 0.6 is 0 Å². The monoisotopic (exact) mass is 231 g/mol. The van der Waals surface area contributed by atoms with E-state index in [1.807, 2.05) is 34.6 Å². The highest BCUT2D eigenvalue weighted by atomic mass is 15.2. The van der Waals surface area contributed by atoms with Gasteiger partial charge >= 0.3 is 0 Å². The molecule has 5 nitrogen and oxygen atoms in total. The zero-order valence-corrected chi connectivity index (χ0v) is 11.3. The minimum Gasteiger partial charge on any atom is -0.325 e. The molecule has 0 saturated heterocycles. The van der Waals surface area contributed by atoms with Crippen molar-refractivity contribution in [2.75, 3.05) is 0 Å². The van der Waals surface area contributed by atoms with Crippen LogP contribution in [0.3, 0.4) is 0 Å². The van der Waals surface area contributed by atoms with E-state index in [-0.39, 0.29) is 0 Å². The van der Waals surface area contributed by atoms with E-state index in [9.17, 15) is 0 Å². The van der Waals surface area contributed by atoms with Gasteiger partial charge in [-0.15, -0.1) is 0 Å². The molecule has 0 aliphatic rings. The van der Waals surface area contributed by atoms with Crippen molar-refractivity contribution in [3.05, 3.63) is 0 Å². The summed E-state index contributed by atoms with van der Waals surface area (Å²) in [5.41, 5.74) is 27.1. The van der Waals surface area contributed by atoms with Gasteiger partial charge in [-0.2, -0.15) is 0 Å². The van der Waals surface area contributed by atoms with E-state index in [2.05, 4.69) is 0 Å². The van der Waals surface area contributed by atoms with Gasteiger partial charge in [-0.3, -0.25) is 0 Å². The maximum absolute atomic E-state index is 6.19. The van der Waals surface area contributed by atoms with Crippen LogP contribution in [0.1, 0.15) is 47.5 Å². The Balaban J connectivity index is 5.34. The summed E-state index contributed by atoms with van der Waals surface area (Å²) in [7, 11) is 0. The third-order valence-electron chi connectivity index (χ3n) is 4.08. The Bertz CT molecular complexity index is 237. The standard InChI is InChI=1S/C11H29N5/c1-6-7-10(13,14)11(15,16)8(2,3)9(4,5)12/h6-7,12-16H2,1-5H3. The van der Waals surface area contributed by atoms with E-state index in [0.29, 0.717) is 6.42 Å². The molecule has 0 unspecified atom stereocenters. The Morgan fingerprint density at radius 3 is 1.44 bits per heavy atom. The van der Waals surface area contributed by atoms with Gasteiger partial charge in [0.05, 0.1) is 5.66 Å². The Labute approximate surface area is 99.1 Å². The van der Waals surface area contributed by atoms with Crippen LogP contribution in [0.25, 0.3) is 0 Å². The first-order valence-corrected chi connectivity index (χ1v) is 5.75. The van der Waals surface area contributed by atoms with Crippen molar-refractivity contribution in [2.24, 2.45) is 34.1 Å². The number of hydrogen-bond acceptors (Lipinski definition) is 5. The van der Waals surface area contributed by atoms with E-state index in [4.69, 9.17) is 28.7 Å². The average molecular weight is 231 g/mol. The van der Waals surface area contributed by atoms with Gasteiger partial charge in [0, 0.05) is 11.0 Å². The summed E-state index contributed by atoms with van der Waals surface area (Å²) in [6, 6.07) is 0. The molecule has 98 valence electrons. The molecule has 0 spiro atoms. The molecule has 0 aromatic carbocycles. The van der Waals surface area contributed by atoms with Gasteiger partial charge in [-0.05, 0) is 20.3 Å². The van der Waals surface area contributed by atoms with Crippen LogP contribution < -0.4 is 28.7 Å². The predicted molar refractivity (Wildman–Crippen MR) is 69.2 cm³/mol. The summed E-state index contributed by atoms with van der Waals surface area (Å²) < 4.78 is 0. The van der Waals surface area contributed by atoms with Crippen LogP contribution in [-0.2, 0) is 0 Å².